The van der Waals surface area contributed by atoms with Gasteiger partial charge in [0.25, 0.3) is 0 Å². The Labute approximate surface area is 87.0 Å². The summed E-state index contributed by atoms with van der Waals surface area (Å²) in [7, 11) is 0. The number of rotatable bonds is 1. The molecule has 0 aromatic carbocycles. The second kappa shape index (κ2) is 3.38. The molecule has 0 radical (unpaired) electrons. The molecule has 2 rings (SSSR count). The summed E-state index contributed by atoms with van der Waals surface area (Å²) in [5.41, 5.74) is 2.78. The monoisotopic (exact) mass is 204 g/mol. The number of hydrogen-bond acceptors (Lipinski definition) is 3. The van der Waals surface area contributed by atoms with Crippen molar-refractivity contribution in [2.24, 2.45) is 0 Å². The van der Waals surface area contributed by atoms with E-state index >= 15 is 0 Å². The largest absolute Gasteiger partial charge is 0.444 e. The van der Waals surface area contributed by atoms with Crippen LogP contribution in [0.4, 0.5) is 0 Å². The molecule has 0 saturated carbocycles. The number of aryl methyl sites for hydroxylation is 2. The van der Waals surface area contributed by atoms with Crippen LogP contribution in [0.1, 0.15) is 17.0 Å². The van der Waals surface area contributed by atoms with Gasteiger partial charge in [-0.25, -0.2) is 4.98 Å². The van der Waals surface area contributed by atoms with Crippen LogP contribution in [0.5, 0.6) is 0 Å². The Bertz CT molecular complexity index is 552. The van der Waals surface area contributed by atoms with Crippen molar-refractivity contribution in [1.29, 1.82) is 0 Å². The van der Waals surface area contributed by atoms with E-state index in [2.05, 4.69) is 9.97 Å². The van der Waals surface area contributed by atoms with E-state index in [0.29, 0.717) is 17.0 Å². The highest BCUT2D eigenvalue weighted by atomic mass is 16.3. The zero-order chi connectivity index (χ0) is 11.0. The third kappa shape index (κ3) is 1.58. The molecule has 2 aromatic rings. The van der Waals surface area contributed by atoms with Crippen molar-refractivity contribution in [2.75, 3.05) is 0 Å². The van der Waals surface area contributed by atoms with Crippen molar-refractivity contribution in [1.82, 2.24) is 9.97 Å². The second-order valence-electron chi connectivity index (χ2n) is 3.58. The van der Waals surface area contributed by atoms with Gasteiger partial charge in [0, 0.05) is 17.5 Å². The van der Waals surface area contributed by atoms with E-state index in [9.17, 15) is 4.79 Å². The van der Waals surface area contributed by atoms with Gasteiger partial charge in [0.05, 0.1) is 5.69 Å². The maximum absolute atomic E-state index is 11.9. The van der Waals surface area contributed by atoms with Crippen molar-refractivity contribution in [2.45, 2.75) is 20.8 Å². The summed E-state index contributed by atoms with van der Waals surface area (Å²) in [6.45, 7) is 5.47. The first-order chi connectivity index (χ1) is 7.09. The van der Waals surface area contributed by atoms with E-state index < -0.39 is 0 Å². The summed E-state index contributed by atoms with van der Waals surface area (Å²) in [6.07, 6.45) is 3.17. The van der Waals surface area contributed by atoms with Crippen LogP contribution in [-0.2, 0) is 0 Å². The van der Waals surface area contributed by atoms with Crippen LogP contribution in [0.2, 0.25) is 0 Å². The highest BCUT2D eigenvalue weighted by Gasteiger charge is 2.11. The molecule has 4 heteroatoms. The van der Waals surface area contributed by atoms with Crippen LogP contribution >= 0.6 is 0 Å². The van der Waals surface area contributed by atoms with Gasteiger partial charge in [-0.2, -0.15) is 0 Å². The topological polar surface area (TPSA) is 58.9 Å². The number of nitrogens with zero attached hydrogens (tertiary/aromatic N) is 1. The fourth-order valence-electron chi connectivity index (χ4n) is 1.36. The molecule has 78 valence electrons. The normalized spacial score (nSPS) is 10.6. The van der Waals surface area contributed by atoms with E-state index in [1.54, 1.807) is 13.1 Å². The maximum atomic E-state index is 11.9. The molecule has 4 nitrogen and oxygen atoms in total. The molecule has 2 aromatic heterocycles. The Morgan fingerprint density at radius 2 is 2.07 bits per heavy atom. The lowest BCUT2D eigenvalue weighted by Crippen LogP contribution is -2.11. The summed E-state index contributed by atoms with van der Waals surface area (Å²) < 4.78 is 5.19. The van der Waals surface area contributed by atoms with Crippen LogP contribution in [-0.4, -0.2) is 9.97 Å². The molecule has 0 atom stereocenters. The molecule has 15 heavy (non-hydrogen) atoms. The van der Waals surface area contributed by atoms with Gasteiger partial charge in [-0.3, -0.25) is 4.79 Å². The lowest BCUT2D eigenvalue weighted by atomic mass is 10.1. The number of oxazole rings is 1. The summed E-state index contributed by atoms with van der Waals surface area (Å²) >= 11 is 0. The van der Waals surface area contributed by atoms with Gasteiger partial charge in [0.2, 0.25) is 5.89 Å². The Balaban J connectivity index is 2.65. The van der Waals surface area contributed by atoms with E-state index in [4.69, 9.17) is 4.42 Å². The Morgan fingerprint density at radius 3 is 2.67 bits per heavy atom. The van der Waals surface area contributed by atoms with Crippen LogP contribution < -0.4 is 5.43 Å². The van der Waals surface area contributed by atoms with Gasteiger partial charge in [0.1, 0.15) is 11.8 Å². The quantitative estimate of drug-likeness (QED) is 0.772. The Kier molecular flexibility index (Phi) is 2.19. The molecule has 0 bridgehead atoms. The molecule has 0 aliphatic carbocycles. The van der Waals surface area contributed by atoms with E-state index in [1.807, 2.05) is 13.8 Å². The van der Waals surface area contributed by atoms with Gasteiger partial charge in [-0.15, -0.1) is 0 Å². The number of hydrogen-bond donors (Lipinski definition) is 1. The first-order valence-electron chi connectivity index (χ1n) is 4.71. The smallest absolute Gasteiger partial charge is 0.231 e. The van der Waals surface area contributed by atoms with Crippen LogP contribution in [0.15, 0.2) is 21.7 Å². The van der Waals surface area contributed by atoms with Gasteiger partial charge < -0.3 is 9.40 Å². The standard InChI is InChI=1S/C11H12N2O2/c1-6-5-15-11(13-6)9-4-12-8(3)7(2)10(9)14/h4-5H,1-3H3,(H,12,14). The fourth-order valence-corrected chi connectivity index (χ4v) is 1.36. The number of nitrogens with one attached hydrogen (secondary N) is 1. The lowest BCUT2D eigenvalue weighted by Gasteiger charge is -2.00. The van der Waals surface area contributed by atoms with Crippen molar-refractivity contribution in [3.05, 3.63) is 39.6 Å². The summed E-state index contributed by atoms with van der Waals surface area (Å²) in [4.78, 5) is 19.0. The minimum absolute atomic E-state index is 0.0342. The van der Waals surface area contributed by atoms with E-state index in [-0.39, 0.29) is 5.43 Å². The molecule has 0 saturated heterocycles. The SMILES string of the molecule is Cc1coc(-c2c[nH]c(C)c(C)c2=O)n1. The van der Waals surface area contributed by atoms with E-state index in [0.717, 1.165) is 11.4 Å². The number of aromatic amines is 1. The van der Waals surface area contributed by atoms with Crippen LogP contribution in [0, 0.1) is 20.8 Å². The molecule has 1 N–H and O–H groups in total. The first kappa shape index (κ1) is 9.71. The van der Waals surface area contributed by atoms with Gasteiger partial charge in [0.15, 0.2) is 5.43 Å². The predicted octanol–water partition coefficient (Wildman–Crippen LogP) is 1.96. The third-order valence-corrected chi connectivity index (χ3v) is 2.43. The minimum Gasteiger partial charge on any atom is -0.444 e. The van der Waals surface area contributed by atoms with Crippen molar-refractivity contribution in [3.8, 4) is 11.5 Å². The molecular weight excluding hydrogens is 192 g/mol. The van der Waals surface area contributed by atoms with Gasteiger partial charge in [-0.1, -0.05) is 0 Å². The maximum Gasteiger partial charge on any atom is 0.231 e. The summed E-state index contributed by atoms with van der Waals surface area (Å²) in [6, 6.07) is 0. The number of H-pyrrole nitrogens is 1. The Hall–Kier alpha value is -1.84. The third-order valence-electron chi connectivity index (χ3n) is 2.43. The molecule has 0 fully saturated rings. The molecule has 0 amide bonds. The fraction of sp³-hybridized carbons (Fsp3) is 0.273. The number of pyridine rings is 1. The molecule has 0 aliphatic rings. The summed E-state index contributed by atoms with van der Waals surface area (Å²) in [5, 5.41) is 0. The first-order valence-corrected chi connectivity index (χ1v) is 4.71. The van der Waals surface area contributed by atoms with Crippen molar-refractivity contribution >= 4 is 0 Å². The molecular formula is C11H12N2O2. The number of aromatic nitrogens is 2. The average Bonchev–Trinajstić information content (AvgIpc) is 2.61. The van der Waals surface area contributed by atoms with Crippen molar-refractivity contribution < 1.29 is 4.42 Å². The molecule has 2 heterocycles. The van der Waals surface area contributed by atoms with Gasteiger partial charge >= 0.3 is 0 Å². The van der Waals surface area contributed by atoms with Crippen molar-refractivity contribution in [3.63, 3.8) is 0 Å². The summed E-state index contributed by atoms with van der Waals surface area (Å²) in [5.74, 6) is 0.372. The molecule has 0 spiro atoms. The zero-order valence-corrected chi connectivity index (χ0v) is 8.92. The predicted molar refractivity (Wildman–Crippen MR) is 56.8 cm³/mol. The van der Waals surface area contributed by atoms with Gasteiger partial charge in [-0.05, 0) is 20.8 Å². The Morgan fingerprint density at radius 1 is 1.33 bits per heavy atom. The van der Waals surface area contributed by atoms with E-state index in [1.165, 1.54) is 6.26 Å². The second-order valence-corrected chi connectivity index (χ2v) is 3.58. The highest BCUT2D eigenvalue weighted by molar-refractivity contribution is 5.53. The minimum atomic E-state index is -0.0342. The molecule has 0 aliphatic heterocycles. The molecule has 0 unspecified atom stereocenters. The lowest BCUT2D eigenvalue weighted by molar-refractivity contribution is 0.572. The zero-order valence-electron chi connectivity index (χ0n) is 8.92. The highest BCUT2D eigenvalue weighted by Crippen LogP contribution is 2.14. The van der Waals surface area contributed by atoms with Crippen LogP contribution in [0.3, 0.4) is 0 Å². The van der Waals surface area contributed by atoms with Crippen LogP contribution in [0.25, 0.3) is 11.5 Å². The average molecular weight is 204 g/mol.